The molecule has 1 fully saturated rings. The smallest absolute Gasteiger partial charge is 0.245 e. The SMILES string of the molecule is Cc1nnc(C(C)Nc2ncnc3c(S(=O)(=O)N4CCOCC4)cc(-c4ccc(F)cc4)cc23)s1. The maximum atomic E-state index is 13.7. The van der Waals surface area contributed by atoms with E-state index in [1.165, 1.54) is 34.1 Å². The molecule has 9 nitrogen and oxygen atoms in total. The minimum absolute atomic E-state index is 0.0705. The number of aryl methyl sites for hydroxylation is 1. The van der Waals surface area contributed by atoms with Gasteiger partial charge in [0.2, 0.25) is 10.0 Å². The van der Waals surface area contributed by atoms with Crippen molar-refractivity contribution >= 4 is 38.1 Å². The van der Waals surface area contributed by atoms with Crippen molar-refractivity contribution in [1.29, 1.82) is 0 Å². The first-order chi connectivity index (χ1) is 16.8. The number of fused-ring (bicyclic) bond motifs is 1. The Kier molecular flexibility index (Phi) is 6.45. The second-order valence-electron chi connectivity index (χ2n) is 8.14. The molecule has 182 valence electrons. The molecule has 0 saturated carbocycles. The zero-order valence-electron chi connectivity index (χ0n) is 19.1. The number of halogens is 1. The van der Waals surface area contributed by atoms with Crippen LogP contribution in [0.1, 0.15) is 23.0 Å². The number of hydrogen-bond donors (Lipinski definition) is 1. The van der Waals surface area contributed by atoms with E-state index < -0.39 is 10.0 Å². The standard InChI is InChI=1S/C23H23FN6O3S2/c1-14(23-29-28-15(2)34-23)27-22-19-11-17(16-3-5-18(24)6-4-16)12-20(21(19)25-13-26-22)35(31,32)30-7-9-33-10-8-30/h3-6,11-14H,7-10H2,1-2H3,(H,25,26,27). The van der Waals surface area contributed by atoms with Gasteiger partial charge in [0.05, 0.1) is 24.8 Å². The van der Waals surface area contributed by atoms with E-state index in [-0.39, 0.29) is 29.8 Å². The van der Waals surface area contributed by atoms with Gasteiger partial charge in [0.25, 0.3) is 0 Å². The normalized spacial score (nSPS) is 15.9. The highest BCUT2D eigenvalue weighted by Gasteiger charge is 2.30. The van der Waals surface area contributed by atoms with Crippen LogP contribution >= 0.6 is 11.3 Å². The van der Waals surface area contributed by atoms with Crippen molar-refractivity contribution in [3.8, 4) is 11.1 Å². The van der Waals surface area contributed by atoms with Crippen molar-refractivity contribution in [2.75, 3.05) is 31.6 Å². The fourth-order valence-corrected chi connectivity index (χ4v) is 6.23. The molecular weight excluding hydrogens is 491 g/mol. The fourth-order valence-electron chi connectivity index (χ4n) is 3.94. The minimum Gasteiger partial charge on any atom is -0.379 e. The number of anilines is 1. The maximum Gasteiger partial charge on any atom is 0.245 e. The molecule has 0 bridgehead atoms. The number of aromatic nitrogens is 4. The number of nitrogens with zero attached hydrogens (tertiary/aromatic N) is 5. The summed E-state index contributed by atoms with van der Waals surface area (Å²) in [5, 5.41) is 13.8. The lowest BCUT2D eigenvalue weighted by Crippen LogP contribution is -2.40. The van der Waals surface area contributed by atoms with Crippen LogP contribution in [0.25, 0.3) is 22.0 Å². The molecule has 5 rings (SSSR count). The van der Waals surface area contributed by atoms with Gasteiger partial charge in [-0.1, -0.05) is 23.5 Å². The van der Waals surface area contributed by atoms with Crippen LogP contribution in [-0.2, 0) is 14.8 Å². The molecule has 0 aliphatic carbocycles. The average Bonchev–Trinajstić information content (AvgIpc) is 3.31. The molecule has 1 saturated heterocycles. The molecule has 1 aliphatic rings. The summed E-state index contributed by atoms with van der Waals surface area (Å²) in [5.74, 6) is 0.0975. The molecule has 2 aromatic heterocycles. The molecule has 0 spiro atoms. The van der Waals surface area contributed by atoms with E-state index >= 15 is 0 Å². The number of hydrogen-bond acceptors (Lipinski definition) is 9. The van der Waals surface area contributed by atoms with Crippen LogP contribution in [0, 0.1) is 12.7 Å². The predicted molar refractivity (Wildman–Crippen MR) is 131 cm³/mol. The molecule has 3 heterocycles. The van der Waals surface area contributed by atoms with Crippen LogP contribution in [0.2, 0.25) is 0 Å². The van der Waals surface area contributed by atoms with Gasteiger partial charge in [-0.15, -0.1) is 10.2 Å². The van der Waals surface area contributed by atoms with Gasteiger partial charge in [0.1, 0.15) is 32.9 Å². The van der Waals surface area contributed by atoms with Gasteiger partial charge in [-0.2, -0.15) is 4.31 Å². The van der Waals surface area contributed by atoms with E-state index in [2.05, 4.69) is 25.5 Å². The average molecular weight is 515 g/mol. The summed E-state index contributed by atoms with van der Waals surface area (Å²) < 4.78 is 47.7. The number of ether oxygens (including phenoxy) is 1. The Labute approximate surface area is 206 Å². The maximum absolute atomic E-state index is 13.7. The third-order valence-electron chi connectivity index (χ3n) is 5.73. The molecule has 12 heteroatoms. The Bertz CT molecular complexity index is 1470. The quantitative estimate of drug-likeness (QED) is 0.414. The number of nitrogens with one attached hydrogen (secondary N) is 1. The Morgan fingerprint density at radius 1 is 1.09 bits per heavy atom. The first-order valence-electron chi connectivity index (χ1n) is 11.0. The van der Waals surface area contributed by atoms with Gasteiger partial charge in [-0.25, -0.2) is 22.8 Å². The van der Waals surface area contributed by atoms with Crippen molar-refractivity contribution in [1.82, 2.24) is 24.5 Å². The van der Waals surface area contributed by atoms with Gasteiger partial charge in [0.15, 0.2) is 0 Å². The number of benzene rings is 2. The third kappa shape index (κ3) is 4.74. The van der Waals surface area contributed by atoms with Gasteiger partial charge < -0.3 is 10.1 Å². The van der Waals surface area contributed by atoms with Gasteiger partial charge in [-0.05, 0) is 49.2 Å². The van der Waals surface area contributed by atoms with E-state index in [1.54, 1.807) is 18.2 Å². The lowest BCUT2D eigenvalue weighted by atomic mass is 10.0. The lowest BCUT2D eigenvalue weighted by molar-refractivity contribution is 0.0730. The molecule has 4 aromatic rings. The summed E-state index contributed by atoms with van der Waals surface area (Å²) >= 11 is 1.47. The highest BCUT2D eigenvalue weighted by molar-refractivity contribution is 7.89. The monoisotopic (exact) mass is 514 g/mol. The van der Waals surface area contributed by atoms with Gasteiger partial charge in [-0.3, -0.25) is 0 Å². The summed E-state index contributed by atoms with van der Waals surface area (Å²) in [4.78, 5) is 8.84. The number of rotatable bonds is 6. The summed E-state index contributed by atoms with van der Waals surface area (Å²) in [5.41, 5.74) is 1.59. The largest absolute Gasteiger partial charge is 0.379 e. The second kappa shape index (κ2) is 9.53. The van der Waals surface area contributed by atoms with Gasteiger partial charge >= 0.3 is 0 Å². The van der Waals surface area contributed by atoms with E-state index in [0.29, 0.717) is 41.1 Å². The summed E-state index contributed by atoms with van der Waals surface area (Å²) in [6.07, 6.45) is 1.35. The van der Waals surface area contributed by atoms with Crippen LogP contribution in [0.5, 0.6) is 0 Å². The molecule has 1 N–H and O–H groups in total. The first-order valence-corrected chi connectivity index (χ1v) is 13.3. The second-order valence-corrected chi connectivity index (χ2v) is 11.3. The minimum atomic E-state index is -3.88. The molecule has 1 atom stereocenters. The number of sulfonamides is 1. The van der Waals surface area contributed by atoms with Crippen molar-refractivity contribution in [3.63, 3.8) is 0 Å². The Morgan fingerprint density at radius 3 is 2.51 bits per heavy atom. The zero-order valence-corrected chi connectivity index (χ0v) is 20.7. The lowest BCUT2D eigenvalue weighted by Gasteiger charge is -2.26. The van der Waals surface area contributed by atoms with E-state index in [1.807, 2.05) is 19.9 Å². The van der Waals surface area contributed by atoms with Crippen molar-refractivity contribution in [3.05, 3.63) is 58.6 Å². The van der Waals surface area contributed by atoms with Crippen LogP contribution in [0.4, 0.5) is 10.2 Å². The molecular formula is C23H23FN6O3S2. The van der Waals surface area contributed by atoms with Crippen molar-refractivity contribution in [2.24, 2.45) is 0 Å². The summed E-state index contributed by atoms with van der Waals surface area (Å²) in [6, 6.07) is 9.12. The highest BCUT2D eigenvalue weighted by atomic mass is 32.2. The molecule has 1 unspecified atom stereocenters. The molecule has 1 aliphatic heterocycles. The van der Waals surface area contributed by atoms with Gasteiger partial charge in [0, 0.05) is 18.5 Å². The Hall–Kier alpha value is -3.06. The predicted octanol–water partition coefficient (Wildman–Crippen LogP) is 3.79. The molecule has 2 aromatic carbocycles. The van der Waals surface area contributed by atoms with E-state index in [9.17, 15) is 12.8 Å². The number of morpholine rings is 1. The van der Waals surface area contributed by atoms with Crippen LogP contribution < -0.4 is 5.32 Å². The molecule has 35 heavy (non-hydrogen) atoms. The van der Waals surface area contributed by atoms with Crippen LogP contribution in [0.3, 0.4) is 0 Å². The van der Waals surface area contributed by atoms with Crippen LogP contribution in [0.15, 0.2) is 47.6 Å². The summed E-state index contributed by atoms with van der Waals surface area (Å²) in [7, 11) is -3.88. The van der Waals surface area contributed by atoms with Crippen molar-refractivity contribution < 1.29 is 17.5 Å². The van der Waals surface area contributed by atoms with E-state index in [0.717, 1.165) is 10.0 Å². The Balaban J connectivity index is 1.67. The third-order valence-corrected chi connectivity index (χ3v) is 8.67. The van der Waals surface area contributed by atoms with Crippen LogP contribution in [-0.4, -0.2) is 59.2 Å². The summed E-state index contributed by atoms with van der Waals surface area (Å²) in [6.45, 7) is 4.99. The molecule has 0 radical (unpaired) electrons. The molecule has 0 amide bonds. The van der Waals surface area contributed by atoms with E-state index in [4.69, 9.17) is 4.74 Å². The highest BCUT2D eigenvalue weighted by Crippen LogP contribution is 2.35. The van der Waals surface area contributed by atoms with Crippen molar-refractivity contribution in [2.45, 2.75) is 24.8 Å². The first kappa shape index (κ1) is 23.7. The fraction of sp³-hybridized carbons (Fsp3) is 0.304. The Morgan fingerprint density at radius 2 is 1.83 bits per heavy atom. The topological polar surface area (TPSA) is 110 Å². The zero-order chi connectivity index (χ0) is 24.6.